The highest BCUT2D eigenvalue weighted by atomic mass is 35.5. The van der Waals surface area contributed by atoms with Crippen LogP contribution in [0.3, 0.4) is 0 Å². The number of carbonyl (C=O) groups excluding carboxylic acids is 2. The van der Waals surface area contributed by atoms with Gasteiger partial charge in [-0.25, -0.2) is 18.2 Å². The lowest BCUT2D eigenvalue weighted by atomic mass is 9.97. The predicted octanol–water partition coefficient (Wildman–Crippen LogP) is 4.95. The molecule has 2 fully saturated rings. The van der Waals surface area contributed by atoms with E-state index < -0.39 is 34.1 Å². The lowest BCUT2D eigenvalue weighted by molar-refractivity contribution is -0.128. The molecule has 49 heavy (non-hydrogen) atoms. The maximum Gasteiger partial charge on any atom is 0.321 e. The van der Waals surface area contributed by atoms with Crippen LogP contribution in [0.4, 0.5) is 10.5 Å². The van der Waals surface area contributed by atoms with Crippen molar-refractivity contribution in [2.45, 2.75) is 82.5 Å². The molecule has 0 spiro atoms. The van der Waals surface area contributed by atoms with Gasteiger partial charge in [-0.15, -0.1) is 11.3 Å². The molecule has 266 valence electrons. The first-order valence-electron chi connectivity index (χ1n) is 16.8. The van der Waals surface area contributed by atoms with E-state index in [9.17, 15) is 23.1 Å². The van der Waals surface area contributed by atoms with Crippen molar-refractivity contribution >= 4 is 50.6 Å². The van der Waals surface area contributed by atoms with Gasteiger partial charge in [0.2, 0.25) is 15.9 Å². The van der Waals surface area contributed by atoms with Gasteiger partial charge in [0.1, 0.15) is 6.04 Å². The topological polar surface area (TPSA) is 149 Å². The van der Waals surface area contributed by atoms with Crippen molar-refractivity contribution in [3.63, 3.8) is 0 Å². The van der Waals surface area contributed by atoms with Crippen LogP contribution in [0.15, 0.2) is 58.8 Å². The van der Waals surface area contributed by atoms with Crippen LogP contribution in [0.25, 0.3) is 0 Å². The molecule has 2 aromatic carbocycles. The summed E-state index contributed by atoms with van der Waals surface area (Å²) in [7, 11) is -4.09. The van der Waals surface area contributed by atoms with Gasteiger partial charge in [-0.3, -0.25) is 4.79 Å². The zero-order chi connectivity index (χ0) is 35.5. The summed E-state index contributed by atoms with van der Waals surface area (Å²) in [5.74, 6) is -0.148. The normalized spacial score (nSPS) is 17.3. The number of amides is 3. The molecule has 2 heterocycles. The molecular weight excluding hydrogens is 684 g/mol. The summed E-state index contributed by atoms with van der Waals surface area (Å²) in [6.45, 7) is 8.64. The second kappa shape index (κ2) is 15.8. The monoisotopic (exact) mass is 730 g/mol. The first-order chi connectivity index (χ1) is 23.2. The van der Waals surface area contributed by atoms with Crippen molar-refractivity contribution in [1.29, 1.82) is 0 Å². The Morgan fingerprint density at radius 3 is 2.47 bits per heavy atom. The molecule has 2 aliphatic rings. The number of thiazole rings is 1. The van der Waals surface area contributed by atoms with E-state index in [1.807, 2.05) is 63.4 Å². The number of rotatable bonds is 16. The molecule has 14 heteroatoms. The Morgan fingerprint density at radius 1 is 1.12 bits per heavy atom. The van der Waals surface area contributed by atoms with Crippen molar-refractivity contribution in [3.05, 3.63) is 75.2 Å². The van der Waals surface area contributed by atoms with E-state index in [-0.39, 0.29) is 53.0 Å². The maximum atomic E-state index is 14.1. The number of sulfonamides is 1. The maximum absolute atomic E-state index is 14.1. The molecule has 1 saturated carbocycles. The number of halogens is 1. The molecule has 3 aromatic rings. The van der Waals surface area contributed by atoms with Gasteiger partial charge in [-0.2, -0.15) is 4.31 Å². The zero-order valence-corrected chi connectivity index (χ0v) is 30.8. The minimum Gasteiger partial charge on any atom is -0.397 e. The minimum atomic E-state index is -4.09. The second-order valence-electron chi connectivity index (χ2n) is 13.8. The second-order valence-corrected chi connectivity index (χ2v) is 17.0. The molecule has 1 aliphatic heterocycles. The van der Waals surface area contributed by atoms with E-state index in [1.54, 1.807) is 21.1 Å². The van der Waals surface area contributed by atoms with E-state index >= 15 is 0 Å². The highest BCUT2D eigenvalue weighted by Gasteiger charge is 2.41. The van der Waals surface area contributed by atoms with Gasteiger partial charge < -0.3 is 26.0 Å². The molecule has 1 aliphatic carbocycles. The number of aliphatic hydroxyl groups is 1. The SMILES string of the molecule is CC(C)CN(C[C@@H](O)[C@H](Cc1ccccc1)NC(=O)C(C(C)C)N1CCN(Cc2csc(C3CC3)n2)C1=O)S(=O)(=O)c1ccc(Cl)c(N)c1. The Morgan fingerprint density at radius 2 is 1.84 bits per heavy atom. The third kappa shape index (κ3) is 9.12. The number of nitrogens with zero attached hydrogens (tertiary/aromatic N) is 4. The molecule has 0 bridgehead atoms. The number of nitrogens with two attached hydrogens (primary N) is 1. The van der Waals surface area contributed by atoms with Crippen molar-refractivity contribution in [2.24, 2.45) is 11.8 Å². The van der Waals surface area contributed by atoms with E-state index in [1.165, 1.54) is 22.5 Å². The lowest BCUT2D eigenvalue weighted by Gasteiger charge is -2.34. The number of hydrogen-bond acceptors (Lipinski definition) is 8. The Kier molecular flexibility index (Phi) is 11.9. The van der Waals surface area contributed by atoms with Gasteiger partial charge in [-0.1, -0.05) is 69.6 Å². The molecule has 3 atom stereocenters. The number of urea groups is 1. The first-order valence-corrected chi connectivity index (χ1v) is 19.5. The number of benzene rings is 2. The van der Waals surface area contributed by atoms with Gasteiger partial charge in [-0.05, 0) is 54.9 Å². The van der Waals surface area contributed by atoms with Crippen molar-refractivity contribution < 1.29 is 23.1 Å². The summed E-state index contributed by atoms with van der Waals surface area (Å²) in [6, 6.07) is 11.6. The summed E-state index contributed by atoms with van der Waals surface area (Å²) in [4.78, 5) is 35.8. The van der Waals surface area contributed by atoms with E-state index in [0.29, 0.717) is 25.6 Å². The number of aliphatic hydroxyl groups excluding tert-OH is 1. The average Bonchev–Trinajstić information content (AvgIpc) is 3.70. The van der Waals surface area contributed by atoms with Crippen LogP contribution in [0.1, 0.15) is 62.7 Å². The van der Waals surface area contributed by atoms with E-state index in [0.717, 1.165) is 29.1 Å². The Hall–Kier alpha value is -3.23. The van der Waals surface area contributed by atoms with Crippen LogP contribution in [0.5, 0.6) is 0 Å². The van der Waals surface area contributed by atoms with Gasteiger partial charge in [0.15, 0.2) is 0 Å². The summed E-state index contributed by atoms with van der Waals surface area (Å²) in [5, 5.41) is 18.1. The molecule has 5 rings (SSSR count). The molecule has 1 aromatic heterocycles. The highest BCUT2D eigenvalue weighted by Crippen LogP contribution is 2.41. The quantitative estimate of drug-likeness (QED) is 0.177. The van der Waals surface area contributed by atoms with Gasteiger partial charge in [0, 0.05) is 37.5 Å². The van der Waals surface area contributed by atoms with Crippen molar-refractivity contribution in [2.75, 3.05) is 31.9 Å². The highest BCUT2D eigenvalue weighted by molar-refractivity contribution is 7.89. The smallest absolute Gasteiger partial charge is 0.321 e. The number of hydrogen-bond donors (Lipinski definition) is 3. The molecule has 4 N–H and O–H groups in total. The average molecular weight is 731 g/mol. The van der Waals surface area contributed by atoms with Crippen molar-refractivity contribution in [3.8, 4) is 0 Å². The zero-order valence-electron chi connectivity index (χ0n) is 28.5. The fourth-order valence-electron chi connectivity index (χ4n) is 6.18. The van der Waals surface area contributed by atoms with Gasteiger partial charge >= 0.3 is 6.03 Å². The van der Waals surface area contributed by atoms with Crippen LogP contribution in [0.2, 0.25) is 5.02 Å². The molecule has 1 saturated heterocycles. The summed E-state index contributed by atoms with van der Waals surface area (Å²) < 4.78 is 28.9. The number of aromatic nitrogens is 1. The third-order valence-electron chi connectivity index (χ3n) is 8.87. The number of carbonyl (C=O) groups is 2. The minimum absolute atomic E-state index is 0.0377. The van der Waals surface area contributed by atoms with Gasteiger partial charge in [0.05, 0.1) is 45.0 Å². The summed E-state index contributed by atoms with van der Waals surface area (Å²) in [5.41, 5.74) is 7.79. The van der Waals surface area contributed by atoms with Crippen LogP contribution < -0.4 is 11.1 Å². The van der Waals surface area contributed by atoms with E-state index in [2.05, 4.69) is 5.32 Å². The van der Waals surface area contributed by atoms with Crippen LogP contribution in [-0.2, 0) is 27.8 Å². The predicted molar refractivity (Wildman–Crippen MR) is 193 cm³/mol. The van der Waals surface area contributed by atoms with Crippen LogP contribution >= 0.6 is 22.9 Å². The fourth-order valence-corrected chi connectivity index (χ4v) is 8.94. The molecule has 1 unspecified atom stereocenters. The first kappa shape index (κ1) is 37.0. The van der Waals surface area contributed by atoms with Crippen LogP contribution in [0, 0.1) is 11.8 Å². The fraction of sp³-hybridized carbons (Fsp3) is 0.514. The Balaban J connectivity index is 1.35. The summed E-state index contributed by atoms with van der Waals surface area (Å²) in [6.07, 6.45) is 1.29. The van der Waals surface area contributed by atoms with Crippen molar-refractivity contribution in [1.82, 2.24) is 24.4 Å². The summed E-state index contributed by atoms with van der Waals surface area (Å²) >= 11 is 7.70. The Labute approximate surface area is 298 Å². The van der Waals surface area contributed by atoms with Gasteiger partial charge in [0.25, 0.3) is 0 Å². The molecular formula is C35H47ClN6O5S2. The lowest BCUT2D eigenvalue weighted by Crippen LogP contribution is -2.57. The third-order valence-corrected chi connectivity index (χ3v) is 12.1. The Bertz CT molecular complexity index is 1720. The largest absolute Gasteiger partial charge is 0.397 e. The number of nitrogen functional groups attached to an aromatic ring is 1. The molecule has 11 nitrogen and oxygen atoms in total. The molecule has 3 amide bonds. The van der Waals surface area contributed by atoms with E-state index in [4.69, 9.17) is 22.3 Å². The van der Waals surface area contributed by atoms with Crippen LogP contribution in [-0.4, -0.2) is 88.9 Å². The number of nitrogens with one attached hydrogen (secondary N) is 1. The molecule has 0 radical (unpaired) electrons. The standard InChI is InChI=1S/C35H47ClN6O5S2/c1-22(2)18-41(49(46,47)27-12-13-28(36)29(37)17-27)20-31(43)30(16-24-8-6-5-7-9-24)39-33(44)32(23(3)4)42-15-14-40(35(42)45)19-26-21-48-34(38-26)25-10-11-25/h5-9,12-13,17,21-23,25,30-32,43H,10-11,14-16,18-20,37H2,1-4H3,(H,39,44)/t30-,31+,32?/m0/s1. The number of anilines is 1.